The van der Waals surface area contributed by atoms with Crippen molar-refractivity contribution >= 4 is 6.29 Å². The molecule has 0 heterocycles. The third-order valence-electron chi connectivity index (χ3n) is 5.06. The minimum Gasteiger partial charge on any atom is -0.302 e. The molecule has 2 saturated carbocycles. The van der Waals surface area contributed by atoms with Crippen LogP contribution in [0.3, 0.4) is 0 Å². The van der Waals surface area contributed by atoms with Crippen LogP contribution in [0.25, 0.3) is 0 Å². The van der Waals surface area contributed by atoms with E-state index in [1.54, 1.807) is 0 Å². The lowest BCUT2D eigenvalue weighted by Gasteiger charge is -2.57. The summed E-state index contributed by atoms with van der Waals surface area (Å²) in [6.07, 6.45) is 8.38. The molecule has 0 aromatic carbocycles. The van der Waals surface area contributed by atoms with Crippen LogP contribution in [0, 0.1) is 22.7 Å². The summed E-state index contributed by atoms with van der Waals surface area (Å²) in [6.45, 7) is 4.75. The highest BCUT2D eigenvalue weighted by atomic mass is 16.1. The van der Waals surface area contributed by atoms with Gasteiger partial charge < -0.3 is 4.79 Å². The first-order valence-electron chi connectivity index (χ1n) is 5.77. The molecule has 0 saturated heterocycles. The molecule has 2 unspecified atom stereocenters. The zero-order valence-electron chi connectivity index (χ0n) is 9.05. The molecule has 0 amide bonds. The summed E-state index contributed by atoms with van der Waals surface area (Å²) in [7, 11) is 0. The van der Waals surface area contributed by atoms with E-state index in [9.17, 15) is 4.79 Å². The lowest BCUT2D eigenvalue weighted by molar-refractivity contribution is -0.112. The van der Waals surface area contributed by atoms with Crippen molar-refractivity contribution in [1.29, 1.82) is 0 Å². The van der Waals surface area contributed by atoms with Crippen molar-refractivity contribution in [3.05, 3.63) is 11.6 Å². The molecule has 14 heavy (non-hydrogen) atoms. The van der Waals surface area contributed by atoms with Crippen LogP contribution in [0.2, 0.25) is 0 Å². The van der Waals surface area contributed by atoms with E-state index in [2.05, 4.69) is 19.9 Å². The highest BCUT2D eigenvalue weighted by Crippen LogP contribution is 2.66. The monoisotopic (exact) mass is 190 g/mol. The molecule has 1 nitrogen and oxygen atoms in total. The average Bonchev–Trinajstić information content (AvgIpc) is 2.98. The molecule has 76 valence electrons. The van der Waals surface area contributed by atoms with Gasteiger partial charge in [-0.1, -0.05) is 25.5 Å². The first-order chi connectivity index (χ1) is 6.60. The summed E-state index contributed by atoms with van der Waals surface area (Å²) < 4.78 is 0. The highest BCUT2D eigenvalue weighted by Gasteiger charge is 2.58. The van der Waals surface area contributed by atoms with Crippen LogP contribution < -0.4 is 0 Å². The zero-order valence-corrected chi connectivity index (χ0v) is 9.05. The van der Waals surface area contributed by atoms with Gasteiger partial charge in [0.05, 0.1) is 0 Å². The zero-order chi connectivity index (χ0) is 9.97. The number of aldehydes is 1. The maximum Gasteiger partial charge on any atom is 0.130 e. The maximum atomic E-state index is 11.1. The van der Waals surface area contributed by atoms with E-state index in [0.29, 0.717) is 11.3 Å². The van der Waals surface area contributed by atoms with E-state index in [1.165, 1.54) is 24.7 Å². The lowest BCUT2D eigenvalue weighted by Crippen LogP contribution is -2.49. The van der Waals surface area contributed by atoms with Crippen LogP contribution >= 0.6 is 0 Å². The van der Waals surface area contributed by atoms with Crippen molar-refractivity contribution < 1.29 is 4.79 Å². The molecular weight excluding hydrogens is 172 g/mol. The third-order valence-corrected chi connectivity index (χ3v) is 5.06. The predicted molar refractivity (Wildman–Crippen MR) is 55.8 cm³/mol. The summed E-state index contributed by atoms with van der Waals surface area (Å²) in [6, 6.07) is 0. The van der Waals surface area contributed by atoms with Crippen molar-refractivity contribution in [3.8, 4) is 0 Å². The Kier molecular flexibility index (Phi) is 1.44. The smallest absolute Gasteiger partial charge is 0.130 e. The van der Waals surface area contributed by atoms with E-state index < -0.39 is 0 Å². The van der Waals surface area contributed by atoms with E-state index in [0.717, 1.165) is 18.8 Å². The minimum absolute atomic E-state index is 0.00727. The van der Waals surface area contributed by atoms with Gasteiger partial charge in [-0.15, -0.1) is 0 Å². The molecule has 1 heteroatoms. The molecule has 4 aliphatic rings. The summed E-state index contributed by atoms with van der Waals surface area (Å²) in [5.74, 6) is 1.60. The second-order valence-corrected chi connectivity index (χ2v) is 5.98. The SMILES string of the molecule is CC1(C)C2CC=C(C3(C=O)CC3)C1C2. The molecule has 2 atom stereocenters. The van der Waals surface area contributed by atoms with E-state index in [4.69, 9.17) is 0 Å². The van der Waals surface area contributed by atoms with Crippen LogP contribution in [0.5, 0.6) is 0 Å². The first-order valence-corrected chi connectivity index (χ1v) is 5.77. The quantitative estimate of drug-likeness (QED) is 0.483. The van der Waals surface area contributed by atoms with Gasteiger partial charge in [-0.3, -0.25) is 0 Å². The Morgan fingerprint density at radius 1 is 1.43 bits per heavy atom. The largest absolute Gasteiger partial charge is 0.302 e. The van der Waals surface area contributed by atoms with Crippen molar-refractivity contribution in [2.75, 3.05) is 0 Å². The molecule has 2 bridgehead atoms. The topological polar surface area (TPSA) is 17.1 Å². The van der Waals surface area contributed by atoms with Gasteiger partial charge in [0.25, 0.3) is 0 Å². The van der Waals surface area contributed by atoms with Crippen LogP contribution in [0.1, 0.15) is 39.5 Å². The molecule has 4 rings (SSSR count). The van der Waals surface area contributed by atoms with Crippen LogP contribution in [0.15, 0.2) is 11.6 Å². The number of hydrogen-bond acceptors (Lipinski definition) is 1. The number of hydrogen-bond donors (Lipinski definition) is 0. The fraction of sp³-hybridized carbons (Fsp3) is 0.769. The molecule has 0 aromatic rings. The molecular formula is C13H18O. The van der Waals surface area contributed by atoms with Gasteiger partial charge in [0.2, 0.25) is 0 Å². The fourth-order valence-electron chi connectivity index (χ4n) is 3.51. The Hall–Kier alpha value is -0.590. The van der Waals surface area contributed by atoms with Gasteiger partial charge in [0.15, 0.2) is 0 Å². The predicted octanol–water partition coefficient (Wildman–Crippen LogP) is 2.96. The van der Waals surface area contributed by atoms with Gasteiger partial charge in [-0.05, 0) is 42.9 Å². The van der Waals surface area contributed by atoms with Crippen molar-refractivity contribution in [1.82, 2.24) is 0 Å². The molecule has 0 aliphatic heterocycles. The molecule has 0 spiro atoms. The van der Waals surface area contributed by atoms with E-state index >= 15 is 0 Å². The van der Waals surface area contributed by atoms with Gasteiger partial charge in [0, 0.05) is 5.41 Å². The van der Waals surface area contributed by atoms with Crippen molar-refractivity contribution in [3.63, 3.8) is 0 Å². The third kappa shape index (κ3) is 0.838. The molecule has 2 fully saturated rings. The fourth-order valence-corrected chi connectivity index (χ4v) is 3.51. The van der Waals surface area contributed by atoms with Crippen molar-refractivity contribution in [2.45, 2.75) is 39.5 Å². The maximum absolute atomic E-state index is 11.1. The molecule has 0 N–H and O–H groups in total. The number of carbonyl (C=O) groups excluding carboxylic acids is 1. The number of carbonyl (C=O) groups is 1. The van der Waals surface area contributed by atoms with Gasteiger partial charge in [-0.2, -0.15) is 0 Å². The van der Waals surface area contributed by atoms with Crippen LogP contribution in [-0.4, -0.2) is 6.29 Å². The van der Waals surface area contributed by atoms with Crippen molar-refractivity contribution in [2.24, 2.45) is 22.7 Å². The van der Waals surface area contributed by atoms with Crippen LogP contribution in [-0.2, 0) is 4.79 Å². The molecule has 4 aliphatic carbocycles. The Morgan fingerprint density at radius 3 is 2.57 bits per heavy atom. The normalized spacial score (nSPS) is 40.9. The van der Waals surface area contributed by atoms with Crippen LogP contribution in [0.4, 0.5) is 0 Å². The minimum atomic E-state index is 0.00727. The van der Waals surface area contributed by atoms with E-state index in [-0.39, 0.29) is 5.41 Å². The van der Waals surface area contributed by atoms with Gasteiger partial charge in [-0.25, -0.2) is 0 Å². The lowest BCUT2D eigenvalue weighted by atomic mass is 9.47. The summed E-state index contributed by atoms with van der Waals surface area (Å²) in [5, 5.41) is 0. The van der Waals surface area contributed by atoms with Gasteiger partial charge >= 0.3 is 0 Å². The second-order valence-electron chi connectivity index (χ2n) is 5.98. The standard InChI is InChI=1S/C13H18O/c1-12(2)9-3-4-10(11(12)7-9)13(8-14)5-6-13/h4,8-9,11H,3,5-7H2,1-2H3. The average molecular weight is 190 g/mol. The summed E-state index contributed by atoms with van der Waals surface area (Å²) in [4.78, 5) is 11.1. The first kappa shape index (κ1) is 8.70. The van der Waals surface area contributed by atoms with E-state index in [1.807, 2.05) is 0 Å². The van der Waals surface area contributed by atoms with Gasteiger partial charge in [0.1, 0.15) is 6.29 Å². The number of allylic oxidation sites excluding steroid dienone is 2. The Balaban J connectivity index is 1.95. The highest BCUT2D eigenvalue weighted by molar-refractivity contribution is 5.70. The number of rotatable bonds is 2. The Morgan fingerprint density at radius 2 is 2.14 bits per heavy atom. The summed E-state index contributed by atoms with van der Waals surface area (Å²) >= 11 is 0. The molecule has 0 radical (unpaired) electrons. The number of fused-ring (bicyclic) bond motifs is 1. The second kappa shape index (κ2) is 2.32. The Bertz CT molecular complexity index is 320. The molecule has 0 aromatic heterocycles. The Labute approximate surface area is 85.6 Å². The summed E-state index contributed by atoms with van der Waals surface area (Å²) in [5.41, 5.74) is 1.98.